The Hall–Kier alpha value is -2.00. The first kappa shape index (κ1) is 14.1. The third-order valence-electron chi connectivity index (χ3n) is 2.62. The molecule has 0 spiro atoms. The molecule has 0 saturated heterocycles. The van der Waals surface area contributed by atoms with Gasteiger partial charge in [-0.2, -0.15) is 0 Å². The molecule has 18 heavy (non-hydrogen) atoms. The molecule has 0 nitrogen and oxygen atoms in total. The van der Waals surface area contributed by atoms with Gasteiger partial charge in [-0.3, -0.25) is 0 Å². The van der Waals surface area contributed by atoms with Crippen molar-refractivity contribution < 1.29 is 0 Å². The fraction of sp³-hybridized carbons (Fsp3) is 0.222. The molecule has 0 N–H and O–H groups in total. The van der Waals surface area contributed by atoms with E-state index in [1.807, 2.05) is 38.1 Å². The van der Waals surface area contributed by atoms with Gasteiger partial charge in [-0.15, -0.1) is 0 Å². The molecular formula is C18H20. The zero-order valence-electron chi connectivity index (χ0n) is 11.6. The van der Waals surface area contributed by atoms with Crippen LogP contribution in [0.1, 0.15) is 36.1 Å². The normalized spacial score (nSPS) is 8.67. The van der Waals surface area contributed by atoms with E-state index in [0.717, 1.165) is 11.1 Å². The van der Waals surface area contributed by atoms with Gasteiger partial charge in [-0.25, -0.2) is 0 Å². The molecule has 0 radical (unpaired) electrons. The molecule has 0 unspecified atom stereocenters. The van der Waals surface area contributed by atoms with Gasteiger partial charge < -0.3 is 0 Å². The zero-order chi connectivity index (χ0) is 13.4. The summed E-state index contributed by atoms with van der Waals surface area (Å²) in [6, 6.07) is 16.4. The summed E-state index contributed by atoms with van der Waals surface area (Å²) < 4.78 is 0. The van der Waals surface area contributed by atoms with Gasteiger partial charge in [0.1, 0.15) is 0 Å². The Morgan fingerprint density at radius 2 is 0.944 bits per heavy atom. The van der Waals surface area contributed by atoms with Gasteiger partial charge in [0.25, 0.3) is 0 Å². The maximum Gasteiger partial charge on any atom is 0.0278 e. The van der Waals surface area contributed by atoms with Crippen LogP contribution in [0.15, 0.2) is 48.5 Å². The molecule has 2 aromatic rings. The SMILES string of the molecule is CC.Cc1ccccc1C#Cc1ccccc1C. The maximum absolute atomic E-state index is 3.22. The Morgan fingerprint density at radius 3 is 1.28 bits per heavy atom. The Bertz CT molecular complexity index is 504. The first-order valence-corrected chi connectivity index (χ1v) is 6.40. The van der Waals surface area contributed by atoms with Crippen LogP contribution in [0.25, 0.3) is 0 Å². The van der Waals surface area contributed by atoms with E-state index < -0.39 is 0 Å². The third kappa shape index (κ3) is 3.79. The third-order valence-corrected chi connectivity index (χ3v) is 2.62. The van der Waals surface area contributed by atoms with E-state index in [1.165, 1.54) is 11.1 Å². The summed E-state index contributed by atoms with van der Waals surface area (Å²) >= 11 is 0. The number of aryl methyl sites for hydroxylation is 2. The number of hydrogen-bond acceptors (Lipinski definition) is 0. The lowest BCUT2D eigenvalue weighted by molar-refractivity contribution is 1.42. The minimum absolute atomic E-state index is 1.10. The summed E-state index contributed by atoms with van der Waals surface area (Å²) in [7, 11) is 0. The van der Waals surface area contributed by atoms with Crippen LogP contribution in [0.3, 0.4) is 0 Å². The van der Waals surface area contributed by atoms with E-state index in [1.54, 1.807) is 0 Å². The van der Waals surface area contributed by atoms with Crippen molar-refractivity contribution in [2.45, 2.75) is 27.7 Å². The van der Waals surface area contributed by atoms with Gasteiger partial charge in [0.15, 0.2) is 0 Å². The predicted octanol–water partition coefficient (Wildman–Crippen LogP) is 4.73. The van der Waals surface area contributed by atoms with Crippen LogP contribution in [-0.2, 0) is 0 Å². The summed E-state index contributed by atoms with van der Waals surface area (Å²) in [5.41, 5.74) is 4.66. The lowest BCUT2D eigenvalue weighted by atomic mass is 10.1. The van der Waals surface area contributed by atoms with Crippen molar-refractivity contribution >= 4 is 0 Å². The maximum atomic E-state index is 3.22. The molecule has 0 atom stereocenters. The van der Waals surface area contributed by atoms with Crippen molar-refractivity contribution in [3.63, 3.8) is 0 Å². The van der Waals surface area contributed by atoms with Crippen LogP contribution in [0.2, 0.25) is 0 Å². The van der Waals surface area contributed by atoms with Crippen molar-refractivity contribution in [1.29, 1.82) is 0 Å². The highest BCUT2D eigenvalue weighted by molar-refractivity contribution is 5.48. The minimum atomic E-state index is 1.10. The van der Waals surface area contributed by atoms with Crippen LogP contribution in [0.5, 0.6) is 0 Å². The smallest absolute Gasteiger partial charge is 0.0278 e. The van der Waals surface area contributed by atoms with Crippen LogP contribution < -0.4 is 0 Å². The van der Waals surface area contributed by atoms with E-state index in [2.05, 4.69) is 50.0 Å². The monoisotopic (exact) mass is 236 g/mol. The second-order valence-corrected chi connectivity index (χ2v) is 3.88. The van der Waals surface area contributed by atoms with Crippen molar-refractivity contribution in [2.75, 3.05) is 0 Å². The van der Waals surface area contributed by atoms with Crippen molar-refractivity contribution in [2.24, 2.45) is 0 Å². The number of rotatable bonds is 0. The van der Waals surface area contributed by atoms with Crippen LogP contribution in [0, 0.1) is 25.7 Å². The van der Waals surface area contributed by atoms with Gasteiger partial charge in [0.05, 0.1) is 0 Å². The summed E-state index contributed by atoms with van der Waals surface area (Å²) in [5, 5.41) is 0. The van der Waals surface area contributed by atoms with Crippen molar-refractivity contribution in [3.8, 4) is 11.8 Å². The lowest BCUT2D eigenvalue weighted by Crippen LogP contribution is -1.82. The van der Waals surface area contributed by atoms with E-state index in [4.69, 9.17) is 0 Å². The van der Waals surface area contributed by atoms with Gasteiger partial charge >= 0.3 is 0 Å². The highest BCUT2D eigenvalue weighted by atomic mass is 14.0. The van der Waals surface area contributed by atoms with Gasteiger partial charge in [0.2, 0.25) is 0 Å². The van der Waals surface area contributed by atoms with Gasteiger partial charge in [-0.1, -0.05) is 62.1 Å². The number of hydrogen-bond donors (Lipinski definition) is 0. The van der Waals surface area contributed by atoms with E-state index in [0.29, 0.717) is 0 Å². The summed E-state index contributed by atoms with van der Waals surface area (Å²) in [5.74, 6) is 6.44. The Labute approximate surface area is 111 Å². The van der Waals surface area contributed by atoms with E-state index in [-0.39, 0.29) is 0 Å². The molecule has 0 aromatic heterocycles. The quantitative estimate of drug-likeness (QED) is 0.580. The van der Waals surface area contributed by atoms with Gasteiger partial charge in [-0.05, 0) is 37.1 Å². The molecule has 92 valence electrons. The first-order valence-electron chi connectivity index (χ1n) is 6.40. The molecule has 0 aliphatic rings. The predicted molar refractivity (Wildman–Crippen MR) is 79.7 cm³/mol. The highest BCUT2D eigenvalue weighted by Crippen LogP contribution is 2.07. The fourth-order valence-corrected chi connectivity index (χ4v) is 1.56. The van der Waals surface area contributed by atoms with E-state index in [9.17, 15) is 0 Å². The van der Waals surface area contributed by atoms with Crippen LogP contribution >= 0.6 is 0 Å². The lowest BCUT2D eigenvalue weighted by Gasteiger charge is -1.97. The van der Waals surface area contributed by atoms with Crippen LogP contribution in [-0.4, -0.2) is 0 Å². The molecule has 0 heteroatoms. The molecule has 2 rings (SSSR count). The highest BCUT2D eigenvalue weighted by Gasteiger charge is 1.93. The molecule has 0 aliphatic carbocycles. The largest absolute Gasteiger partial charge is 0.0683 e. The molecule has 0 amide bonds. The summed E-state index contributed by atoms with van der Waals surface area (Å²) in [6.07, 6.45) is 0. The molecule has 0 heterocycles. The molecule has 0 fully saturated rings. The van der Waals surface area contributed by atoms with Crippen LogP contribution in [0.4, 0.5) is 0 Å². The Kier molecular flexibility index (Phi) is 5.74. The van der Waals surface area contributed by atoms with E-state index >= 15 is 0 Å². The standard InChI is InChI=1S/C16H14.C2H6/c1-13-7-3-5-9-15(13)11-12-16-10-6-4-8-14(16)2;1-2/h3-10H,1-2H3;1-2H3. The molecular weight excluding hydrogens is 216 g/mol. The average Bonchev–Trinajstić information content (AvgIpc) is 2.42. The fourth-order valence-electron chi connectivity index (χ4n) is 1.56. The summed E-state index contributed by atoms with van der Waals surface area (Å²) in [4.78, 5) is 0. The van der Waals surface area contributed by atoms with Crippen molar-refractivity contribution in [3.05, 3.63) is 70.8 Å². The first-order chi connectivity index (χ1) is 8.77. The molecule has 0 saturated carbocycles. The summed E-state index contributed by atoms with van der Waals surface area (Å²) in [6.45, 7) is 8.17. The Balaban J connectivity index is 0.000000771. The topological polar surface area (TPSA) is 0 Å². The molecule has 0 bridgehead atoms. The minimum Gasteiger partial charge on any atom is -0.0683 e. The van der Waals surface area contributed by atoms with Gasteiger partial charge in [0, 0.05) is 11.1 Å². The van der Waals surface area contributed by atoms with Crippen molar-refractivity contribution in [1.82, 2.24) is 0 Å². The second-order valence-electron chi connectivity index (χ2n) is 3.88. The second kappa shape index (κ2) is 7.35. The molecule has 2 aromatic carbocycles. The number of benzene rings is 2. The molecule has 0 aliphatic heterocycles. The zero-order valence-corrected chi connectivity index (χ0v) is 11.6. The Morgan fingerprint density at radius 1 is 0.611 bits per heavy atom. The average molecular weight is 236 g/mol.